The summed E-state index contributed by atoms with van der Waals surface area (Å²) in [6.45, 7) is 5.21. The van der Waals surface area contributed by atoms with Gasteiger partial charge in [0, 0.05) is 43.6 Å². The molecule has 0 radical (unpaired) electrons. The van der Waals surface area contributed by atoms with Gasteiger partial charge in [0.15, 0.2) is 0 Å². The molecule has 1 heterocycles. The lowest BCUT2D eigenvalue weighted by Crippen LogP contribution is -2.48. The number of rotatable bonds is 3. The van der Waals surface area contributed by atoms with E-state index in [0.29, 0.717) is 0 Å². The minimum absolute atomic E-state index is 0.0773. The van der Waals surface area contributed by atoms with Crippen molar-refractivity contribution in [1.82, 2.24) is 4.90 Å². The zero-order valence-corrected chi connectivity index (χ0v) is 14.0. The minimum Gasteiger partial charge on any atom is -0.399 e. The van der Waals surface area contributed by atoms with Crippen LogP contribution in [-0.2, 0) is 4.79 Å². The number of nitrogen functional groups attached to an aromatic ring is 1. The highest BCUT2D eigenvalue weighted by atomic mass is 16.2. The summed E-state index contributed by atoms with van der Waals surface area (Å²) >= 11 is 0. The highest BCUT2D eigenvalue weighted by Crippen LogP contribution is 2.18. The molecule has 2 N–H and O–H groups in total. The van der Waals surface area contributed by atoms with Crippen LogP contribution in [0.2, 0.25) is 0 Å². The van der Waals surface area contributed by atoms with Crippen LogP contribution >= 0.6 is 0 Å². The fourth-order valence-corrected chi connectivity index (χ4v) is 2.92. The van der Waals surface area contributed by atoms with Gasteiger partial charge < -0.3 is 15.5 Å². The first-order chi connectivity index (χ1) is 11.6. The molecular weight excluding hydrogens is 298 g/mol. The van der Waals surface area contributed by atoms with Gasteiger partial charge in [-0.25, -0.2) is 0 Å². The first-order valence-corrected chi connectivity index (χ1v) is 8.26. The van der Waals surface area contributed by atoms with Crippen molar-refractivity contribution in [3.63, 3.8) is 0 Å². The Balaban J connectivity index is 1.56. The molecule has 0 aromatic heterocycles. The number of nitrogens with zero attached hydrogens (tertiary/aromatic N) is 2. The molecule has 2 aromatic carbocycles. The number of amides is 1. The first-order valence-electron chi connectivity index (χ1n) is 8.26. The number of carbonyl (C=O) groups excluding carboxylic acids is 1. The summed E-state index contributed by atoms with van der Waals surface area (Å²) in [4.78, 5) is 16.5. The van der Waals surface area contributed by atoms with Crippen LogP contribution in [0, 0.1) is 6.92 Å². The Morgan fingerprint density at radius 2 is 1.75 bits per heavy atom. The van der Waals surface area contributed by atoms with Gasteiger partial charge in [-0.1, -0.05) is 29.8 Å². The molecule has 0 bridgehead atoms. The van der Waals surface area contributed by atoms with Gasteiger partial charge in [-0.15, -0.1) is 0 Å². The molecule has 24 heavy (non-hydrogen) atoms. The van der Waals surface area contributed by atoms with Gasteiger partial charge in [0.2, 0.25) is 5.91 Å². The summed E-state index contributed by atoms with van der Waals surface area (Å²) in [5.74, 6) is 0.0773. The zero-order chi connectivity index (χ0) is 16.9. The molecule has 4 heteroatoms. The van der Waals surface area contributed by atoms with E-state index in [1.807, 2.05) is 47.4 Å². The molecule has 0 saturated carbocycles. The summed E-state index contributed by atoms with van der Waals surface area (Å²) in [5.41, 5.74) is 9.92. The molecule has 124 valence electrons. The number of hydrogen-bond donors (Lipinski definition) is 1. The molecule has 1 amide bonds. The van der Waals surface area contributed by atoms with Crippen molar-refractivity contribution in [2.45, 2.75) is 6.92 Å². The quantitative estimate of drug-likeness (QED) is 0.698. The number of hydrogen-bond acceptors (Lipinski definition) is 3. The lowest BCUT2D eigenvalue weighted by molar-refractivity contribution is -0.126. The van der Waals surface area contributed by atoms with E-state index in [1.54, 1.807) is 6.08 Å². The van der Waals surface area contributed by atoms with E-state index >= 15 is 0 Å². The average molecular weight is 321 g/mol. The van der Waals surface area contributed by atoms with Crippen LogP contribution in [0.1, 0.15) is 11.1 Å². The lowest BCUT2D eigenvalue weighted by Gasteiger charge is -2.35. The summed E-state index contributed by atoms with van der Waals surface area (Å²) in [5, 5.41) is 0. The summed E-state index contributed by atoms with van der Waals surface area (Å²) in [7, 11) is 0. The Kier molecular flexibility index (Phi) is 4.85. The molecule has 1 saturated heterocycles. The molecule has 0 spiro atoms. The monoisotopic (exact) mass is 321 g/mol. The van der Waals surface area contributed by atoms with Crippen LogP contribution in [0.15, 0.2) is 54.6 Å². The molecule has 0 unspecified atom stereocenters. The first kappa shape index (κ1) is 16.1. The molecule has 4 nitrogen and oxygen atoms in total. The number of carbonyl (C=O) groups is 1. The Labute approximate surface area is 143 Å². The molecule has 0 atom stereocenters. The topological polar surface area (TPSA) is 49.6 Å². The van der Waals surface area contributed by atoms with E-state index in [-0.39, 0.29) is 5.91 Å². The van der Waals surface area contributed by atoms with Crippen molar-refractivity contribution in [2.24, 2.45) is 0 Å². The number of benzene rings is 2. The van der Waals surface area contributed by atoms with Gasteiger partial charge in [-0.3, -0.25) is 4.79 Å². The van der Waals surface area contributed by atoms with Crippen LogP contribution in [-0.4, -0.2) is 37.0 Å². The molecule has 0 aliphatic carbocycles. The molecule has 3 rings (SSSR count). The third kappa shape index (κ3) is 3.96. The minimum atomic E-state index is 0.0773. The van der Waals surface area contributed by atoms with Gasteiger partial charge >= 0.3 is 0 Å². The summed E-state index contributed by atoms with van der Waals surface area (Å²) in [6.07, 6.45) is 3.56. The fraction of sp³-hybridized carbons (Fsp3) is 0.250. The predicted octanol–water partition coefficient (Wildman–Crippen LogP) is 2.94. The number of aryl methyl sites for hydroxylation is 1. The maximum Gasteiger partial charge on any atom is 0.246 e. The second kappa shape index (κ2) is 7.21. The van der Waals surface area contributed by atoms with Crippen molar-refractivity contribution in [2.75, 3.05) is 36.8 Å². The van der Waals surface area contributed by atoms with E-state index in [2.05, 4.69) is 24.0 Å². The SMILES string of the molecule is Cc1cccc(/C=C/C(=O)N2CCN(c3ccc(N)cc3)CC2)c1. The van der Waals surface area contributed by atoms with Crippen LogP contribution < -0.4 is 10.6 Å². The molecular formula is C20H23N3O. The van der Waals surface area contributed by atoms with Gasteiger partial charge in [0.05, 0.1) is 0 Å². The van der Waals surface area contributed by atoms with Crippen LogP contribution in [0.25, 0.3) is 6.08 Å². The van der Waals surface area contributed by atoms with Crippen molar-refractivity contribution >= 4 is 23.4 Å². The maximum absolute atomic E-state index is 12.3. The number of anilines is 2. The van der Waals surface area contributed by atoms with E-state index in [4.69, 9.17) is 5.73 Å². The Bertz CT molecular complexity index is 729. The van der Waals surface area contributed by atoms with Crippen molar-refractivity contribution < 1.29 is 4.79 Å². The predicted molar refractivity (Wildman–Crippen MR) is 99.9 cm³/mol. The fourth-order valence-electron chi connectivity index (χ4n) is 2.92. The Hall–Kier alpha value is -2.75. The second-order valence-electron chi connectivity index (χ2n) is 6.15. The van der Waals surface area contributed by atoms with Crippen molar-refractivity contribution in [3.05, 3.63) is 65.7 Å². The highest BCUT2D eigenvalue weighted by molar-refractivity contribution is 5.92. The smallest absolute Gasteiger partial charge is 0.246 e. The third-order valence-electron chi connectivity index (χ3n) is 4.31. The average Bonchev–Trinajstić information content (AvgIpc) is 2.61. The highest BCUT2D eigenvalue weighted by Gasteiger charge is 2.19. The van der Waals surface area contributed by atoms with Crippen LogP contribution in [0.5, 0.6) is 0 Å². The zero-order valence-electron chi connectivity index (χ0n) is 14.0. The lowest BCUT2D eigenvalue weighted by atomic mass is 10.1. The summed E-state index contributed by atoms with van der Waals surface area (Å²) in [6, 6.07) is 16.0. The van der Waals surface area contributed by atoms with Gasteiger partial charge in [-0.2, -0.15) is 0 Å². The Morgan fingerprint density at radius 3 is 2.42 bits per heavy atom. The van der Waals surface area contributed by atoms with E-state index in [1.165, 1.54) is 5.56 Å². The molecule has 1 fully saturated rings. The van der Waals surface area contributed by atoms with Gasteiger partial charge in [0.25, 0.3) is 0 Å². The van der Waals surface area contributed by atoms with Gasteiger partial charge in [-0.05, 0) is 42.8 Å². The van der Waals surface area contributed by atoms with E-state index < -0.39 is 0 Å². The molecule has 1 aliphatic rings. The van der Waals surface area contributed by atoms with E-state index in [9.17, 15) is 4.79 Å². The summed E-state index contributed by atoms with van der Waals surface area (Å²) < 4.78 is 0. The second-order valence-corrected chi connectivity index (χ2v) is 6.15. The van der Waals surface area contributed by atoms with Crippen molar-refractivity contribution in [1.29, 1.82) is 0 Å². The molecule has 2 aromatic rings. The maximum atomic E-state index is 12.3. The van der Waals surface area contributed by atoms with Crippen LogP contribution in [0.3, 0.4) is 0 Å². The van der Waals surface area contributed by atoms with E-state index in [0.717, 1.165) is 43.1 Å². The van der Waals surface area contributed by atoms with Crippen LogP contribution in [0.4, 0.5) is 11.4 Å². The molecule has 1 aliphatic heterocycles. The van der Waals surface area contributed by atoms with Crippen molar-refractivity contribution in [3.8, 4) is 0 Å². The number of nitrogens with two attached hydrogens (primary N) is 1. The standard InChI is InChI=1S/C20H23N3O/c1-16-3-2-4-17(15-16)5-10-20(24)23-13-11-22(12-14-23)19-8-6-18(21)7-9-19/h2-10,15H,11-14,21H2,1H3/b10-5+. The number of piperazine rings is 1. The van der Waals surface area contributed by atoms with Gasteiger partial charge in [0.1, 0.15) is 0 Å². The third-order valence-corrected chi connectivity index (χ3v) is 4.31. The Morgan fingerprint density at radius 1 is 1.04 bits per heavy atom. The normalized spacial score (nSPS) is 15.0. The largest absolute Gasteiger partial charge is 0.399 e.